The third kappa shape index (κ3) is 3.24. The summed E-state index contributed by atoms with van der Waals surface area (Å²) in [5.41, 5.74) is 1.53. The van der Waals surface area contributed by atoms with Gasteiger partial charge in [-0.3, -0.25) is 24.3 Å². The molecule has 1 aliphatic heterocycles. The van der Waals surface area contributed by atoms with E-state index < -0.39 is 0 Å². The van der Waals surface area contributed by atoms with Crippen molar-refractivity contribution in [2.75, 3.05) is 46.3 Å². The number of pyridine rings is 2. The molecule has 0 atom stereocenters. The maximum atomic E-state index is 13.3. The van der Waals surface area contributed by atoms with E-state index in [0.717, 1.165) is 32.7 Å². The minimum atomic E-state index is -0.345. The molecule has 1 amide bonds. The smallest absolute Gasteiger partial charge is 0.254 e. The molecular formula is C23H23N5O3. The van der Waals surface area contributed by atoms with Crippen LogP contribution in [0, 0.1) is 0 Å². The Bertz CT molecular complexity index is 1210. The van der Waals surface area contributed by atoms with Gasteiger partial charge < -0.3 is 14.6 Å². The molecule has 31 heavy (non-hydrogen) atoms. The minimum Gasteiger partial charge on any atom is -0.351 e. The Morgan fingerprint density at radius 2 is 1.87 bits per heavy atom. The molecule has 1 aliphatic carbocycles. The molecule has 1 saturated heterocycles. The van der Waals surface area contributed by atoms with Crippen molar-refractivity contribution >= 4 is 23.0 Å². The average molecular weight is 417 g/mol. The molecular weight excluding hydrogens is 394 g/mol. The van der Waals surface area contributed by atoms with E-state index in [9.17, 15) is 14.4 Å². The first-order valence-electron chi connectivity index (χ1n) is 10.4. The van der Waals surface area contributed by atoms with Crippen molar-refractivity contribution in [1.82, 2.24) is 24.5 Å². The zero-order valence-electron chi connectivity index (χ0n) is 17.3. The number of ketones is 2. The van der Waals surface area contributed by atoms with Crippen LogP contribution in [0.15, 0.2) is 42.7 Å². The topological polar surface area (TPSA) is 87.0 Å². The SMILES string of the molecule is CN1CCN(CCNC(=O)c2c3c(n4ccccc24)C(=O)c2ncccc2C3=O)CC1. The minimum absolute atomic E-state index is 0.130. The lowest BCUT2D eigenvalue weighted by molar-refractivity contribution is 0.0930. The zero-order valence-corrected chi connectivity index (χ0v) is 17.3. The maximum Gasteiger partial charge on any atom is 0.254 e. The first kappa shape index (κ1) is 19.6. The molecule has 1 fully saturated rings. The Hall–Kier alpha value is -3.36. The van der Waals surface area contributed by atoms with Crippen LogP contribution >= 0.6 is 0 Å². The van der Waals surface area contributed by atoms with Gasteiger partial charge in [-0.2, -0.15) is 0 Å². The number of likely N-dealkylation sites (N-methyl/N-ethyl adjacent to an activating group) is 1. The molecule has 3 aromatic heterocycles. The van der Waals surface area contributed by atoms with E-state index in [1.165, 1.54) is 6.20 Å². The van der Waals surface area contributed by atoms with Gasteiger partial charge in [0.15, 0.2) is 5.78 Å². The number of nitrogens with zero attached hydrogens (tertiary/aromatic N) is 4. The van der Waals surface area contributed by atoms with Crippen LogP contribution in [-0.4, -0.2) is 83.0 Å². The van der Waals surface area contributed by atoms with Crippen molar-refractivity contribution in [3.63, 3.8) is 0 Å². The summed E-state index contributed by atoms with van der Waals surface area (Å²) in [6.45, 7) is 5.17. The standard InChI is InChI=1S/C23H23N5O3/c1-26-11-13-27(14-12-26)10-8-25-23(31)17-16-6-2-3-9-28(16)20-18(17)21(29)15-5-4-7-24-19(15)22(20)30/h2-7,9H,8,10-14H2,1H3,(H,25,31). The first-order chi connectivity index (χ1) is 15.1. The van der Waals surface area contributed by atoms with Gasteiger partial charge in [-0.25, -0.2) is 0 Å². The highest BCUT2D eigenvalue weighted by atomic mass is 16.2. The van der Waals surface area contributed by atoms with Crippen molar-refractivity contribution < 1.29 is 14.4 Å². The van der Waals surface area contributed by atoms with Gasteiger partial charge in [0.1, 0.15) is 11.4 Å². The van der Waals surface area contributed by atoms with E-state index in [1.807, 2.05) is 0 Å². The summed E-state index contributed by atoms with van der Waals surface area (Å²) in [5, 5.41) is 2.96. The fourth-order valence-electron chi connectivity index (χ4n) is 4.39. The molecule has 0 spiro atoms. The summed E-state index contributed by atoms with van der Waals surface area (Å²) in [5.74, 6) is -1.03. The lowest BCUT2D eigenvalue weighted by atomic mass is 9.89. The zero-order chi connectivity index (χ0) is 21.5. The third-order valence-electron chi connectivity index (χ3n) is 6.09. The van der Waals surface area contributed by atoms with E-state index in [4.69, 9.17) is 0 Å². The van der Waals surface area contributed by atoms with Gasteiger partial charge >= 0.3 is 0 Å². The van der Waals surface area contributed by atoms with Gasteiger partial charge in [0.2, 0.25) is 5.78 Å². The predicted octanol–water partition coefficient (Wildman–Crippen LogP) is 1.09. The largest absolute Gasteiger partial charge is 0.351 e. The number of carbonyl (C=O) groups is 3. The maximum absolute atomic E-state index is 13.3. The Labute approximate surface area is 179 Å². The van der Waals surface area contributed by atoms with Gasteiger partial charge in [0.25, 0.3) is 5.91 Å². The number of carbonyl (C=O) groups excluding carboxylic acids is 3. The van der Waals surface area contributed by atoms with Gasteiger partial charge in [-0.15, -0.1) is 0 Å². The number of nitrogens with one attached hydrogen (secondary N) is 1. The molecule has 158 valence electrons. The number of piperazine rings is 1. The lowest BCUT2D eigenvalue weighted by Crippen LogP contribution is -2.47. The normalized spacial score (nSPS) is 16.9. The monoisotopic (exact) mass is 417 g/mol. The second-order valence-corrected chi connectivity index (χ2v) is 8.01. The summed E-state index contributed by atoms with van der Waals surface area (Å²) >= 11 is 0. The third-order valence-corrected chi connectivity index (χ3v) is 6.09. The second-order valence-electron chi connectivity index (χ2n) is 8.01. The van der Waals surface area contributed by atoms with Crippen LogP contribution in [0.2, 0.25) is 0 Å². The molecule has 0 aromatic carbocycles. The van der Waals surface area contributed by atoms with E-state index in [1.54, 1.807) is 40.9 Å². The Morgan fingerprint density at radius 1 is 1.06 bits per heavy atom. The number of hydrogen-bond acceptors (Lipinski definition) is 6. The van der Waals surface area contributed by atoms with E-state index in [2.05, 4.69) is 27.1 Å². The molecule has 0 bridgehead atoms. The highest BCUT2D eigenvalue weighted by Crippen LogP contribution is 2.32. The Kier molecular flexibility index (Phi) is 4.88. The molecule has 8 heteroatoms. The second kappa shape index (κ2) is 7.72. The number of rotatable bonds is 4. The van der Waals surface area contributed by atoms with Crippen LogP contribution in [0.5, 0.6) is 0 Å². The number of amides is 1. The quantitative estimate of drug-likeness (QED) is 0.535. The van der Waals surface area contributed by atoms with Crippen LogP contribution < -0.4 is 5.32 Å². The molecule has 3 aromatic rings. The number of hydrogen-bond donors (Lipinski definition) is 1. The Balaban J connectivity index is 1.48. The van der Waals surface area contributed by atoms with Crippen molar-refractivity contribution in [1.29, 1.82) is 0 Å². The van der Waals surface area contributed by atoms with Crippen LogP contribution in [0.3, 0.4) is 0 Å². The van der Waals surface area contributed by atoms with Crippen molar-refractivity contribution in [2.45, 2.75) is 0 Å². The highest BCUT2D eigenvalue weighted by molar-refractivity contribution is 6.31. The van der Waals surface area contributed by atoms with Crippen molar-refractivity contribution in [2.24, 2.45) is 0 Å². The van der Waals surface area contributed by atoms with Crippen molar-refractivity contribution in [3.05, 3.63) is 70.8 Å². The molecule has 8 nitrogen and oxygen atoms in total. The molecule has 0 unspecified atom stereocenters. The van der Waals surface area contributed by atoms with Gasteiger partial charge in [0.05, 0.1) is 22.2 Å². The number of fused-ring (bicyclic) bond motifs is 4. The summed E-state index contributed by atoms with van der Waals surface area (Å²) in [7, 11) is 2.10. The van der Waals surface area contributed by atoms with Crippen LogP contribution in [0.1, 0.15) is 42.5 Å². The first-order valence-corrected chi connectivity index (χ1v) is 10.4. The lowest BCUT2D eigenvalue weighted by Gasteiger charge is -2.32. The molecule has 4 heterocycles. The van der Waals surface area contributed by atoms with Crippen molar-refractivity contribution in [3.8, 4) is 0 Å². The van der Waals surface area contributed by atoms with Crippen LogP contribution in [-0.2, 0) is 0 Å². The molecule has 0 saturated carbocycles. The fourth-order valence-corrected chi connectivity index (χ4v) is 4.39. The van der Waals surface area contributed by atoms with Gasteiger partial charge in [0, 0.05) is 51.7 Å². The van der Waals surface area contributed by atoms with Gasteiger partial charge in [-0.1, -0.05) is 6.07 Å². The number of aromatic nitrogens is 2. The summed E-state index contributed by atoms with van der Waals surface area (Å²) < 4.78 is 1.63. The molecule has 5 rings (SSSR count). The van der Waals surface area contributed by atoms with Crippen LogP contribution in [0.25, 0.3) is 5.52 Å². The van der Waals surface area contributed by atoms with E-state index in [-0.39, 0.29) is 45.6 Å². The fraction of sp³-hybridized carbons (Fsp3) is 0.304. The molecule has 0 radical (unpaired) electrons. The Morgan fingerprint density at radius 3 is 2.68 bits per heavy atom. The van der Waals surface area contributed by atoms with Gasteiger partial charge in [-0.05, 0) is 31.3 Å². The summed E-state index contributed by atoms with van der Waals surface area (Å²) in [4.78, 5) is 48.4. The molecule has 1 N–H and O–H groups in total. The highest BCUT2D eigenvalue weighted by Gasteiger charge is 2.38. The average Bonchev–Trinajstić information content (AvgIpc) is 3.14. The molecule has 2 aliphatic rings. The van der Waals surface area contributed by atoms with E-state index >= 15 is 0 Å². The predicted molar refractivity (Wildman–Crippen MR) is 115 cm³/mol. The van der Waals surface area contributed by atoms with Crippen LogP contribution in [0.4, 0.5) is 0 Å². The van der Waals surface area contributed by atoms with E-state index in [0.29, 0.717) is 12.1 Å². The summed E-state index contributed by atoms with van der Waals surface area (Å²) in [6, 6.07) is 8.53. The summed E-state index contributed by atoms with van der Waals surface area (Å²) in [6.07, 6.45) is 3.20.